The highest BCUT2D eigenvalue weighted by Crippen LogP contribution is 2.14. The van der Waals surface area contributed by atoms with Crippen molar-refractivity contribution < 1.29 is 8.60 Å². The van der Waals surface area contributed by atoms with Crippen molar-refractivity contribution in [3.63, 3.8) is 0 Å². The zero-order chi connectivity index (χ0) is 12.3. The van der Waals surface area contributed by atoms with Gasteiger partial charge in [-0.05, 0) is 46.3 Å². The van der Waals surface area contributed by atoms with Crippen LogP contribution in [-0.4, -0.2) is 9.19 Å². The second kappa shape index (κ2) is 5.51. The third-order valence-corrected chi connectivity index (χ3v) is 3.93. The van der Waals surface area contributed by atoms with Crippen molar-refractivity contribution in [2.75, 3.05) is 0 Å². The molecule has 0 saturated carbocycles. The van der Waals surface area contributed by atoms with Gasteiger partial charge in [-0.15, -0.1) is 0 Å². The topological polar surface area (TPSA) is 30.0 Å². The second-order valence-corrected chi connectivity index (χ2v) is 5.78. The maximum atomic E-state index is 13.0. The van der Waals surface area contributed by atoms with Crippen LogP contribution in [0.5, 0.6) is 0 Å². The fourth-order valence-electron chi connectivity index (χ4n) is 1.32. The first kappa shape index (κ1) is 12.4. The number of hydrogen-bond acceptors (Lipinski definition) is 2. The molecule has 0 bridgehead atoms. The number of halogens is 2. The largest absolute Gasteiger partial charge is 0.259 e. The van der Waals surface area contributed by atoms with E-state index in [4.69, 9.17) is 0 Å². The molecule has 0 amide bonds. The fourth-order valence-corrected chi connectivity index (χ4v) is 2.63. The van der Waals surface area contributed by atoms with E-state index in [1.807, 2.05) is 6.07 Å². The molecule has 2 aromatic rings. The van der Waals surface area contributed by atoms with E-state index in [1.54, 1.807) is 24.4 Å². The van der Waals surface area contributed by atoms with Crippen LogP contribution in [0.25, 0.3) is 0 Å². The molecular weight excluding hydrogens is 305 g/mol. The van der Waals surface area contributed by atoms with E-state index in [0.29, 0.717) is 4.90 Å². The Morgan fingerprint density at radius 1 is 1.29 bits per heavy atom. The lowest BCUT2D eigenvalue weighted by atomic mass is 10.3. The van der Waals surface area contributed by atoms with Crippen LogP contribution in [0.1, 0.15) is 5.69 Å². The lowest BCUT2D eigenvalue weighted by molar-refractivity contribution is 0.622. The zero-order valence-electron chi connectivity index (χ0n) is 8.77. The number of hydrogen-bond donors (Lipinski definition) is 0. The normalized spacial score (nSPS) is 12.4. The summed E-state index contributed by atoms with van der Waals surface area (Å²) in [5, 5.41) is 0. The van der Waals surface area contributed by atoms with Gasteiger partial charge in [0.05, 0.1) is 22.2 Å². The molecule has 1 aromatic carbocycles. The molecule has 0 radical (unpaired) electrons. The van der Waals surface area contributed by atoms with Gasteiger partial charge in [0.1, 0.15) is 5.82 Å². The molecule has 88 valence electrons. The Kier molecular flexibility index (Phi) is 4.02. The summed E-state index contributed by atoms with van der Waals surface area (Å²) in [6.07, 6.45) is 1.65. The molecule has 2 nitrogen and oxygen atoms in total. The molecule has 1 atom stereocenters. The average molecular weight is 314 g/mol. The van der Waals surface area contributed by atoms with Gasteiger partial charge in [0.25, 0.3) is 0 Å². The van der Waals surface area contributed by atoms with Crippen LogP contribution in [0.4, 0.5) is 4.39 Å². The summed E-state index contributed by atoms with van der Waals surface area (Å²) in [6, 6.07) is 9.45. The van der Waals surface area contributed by atoms with Crippen molar-refractivity contribution in [2.24, 2.45) is 0 Å². The monoisotopic (exact) mass is 313 g/mol. The molecule has 0 fully saturated rings. The Morgan fingerprint density at radius 3 is 2.76 bits per heavy atom. The summed E-state index contributed by atoms with van der Waals surface area (Å²) < 4.78 is 25.8. The van der Waals surface area contributed by atoms with Crippen LogP contribution >= 0.6 is 15.9 Å². The summed E-state index contributed by atoms with van der Waals surface area (Å²) in [4.78, 5) is 4.61. The third kappa shape index (κ3) is 3.44. The number of rotatable bonds is 3. The molecule has 5 heteroatoms. The molecule has 1 aromatic heterocycles. The van der Waals surface area contributed by atoms with Crippen LogP contribution < -0.4 is 0 Å². The van der Waals surface area contributed by atoms with E-state index in [0.717, 1.165) is 10.2 Å². The summed E-state index contributed by atoms with van der Waals surface area (Å²) in [5.74, 6) is -0.0869. The highest BCUT2D eigenvalue weighted by molar-refractivity contribution is 9.10. The van der Waals surface area contributed by atoms with E-state index in [9.17, 15) is 8.60 Å². The van der Waals surface area contributed by atoms with Crippen LogP contribution in [-0.2, 0) is 16.6 Å². The molecular formula is C12H9BrFNOS. The average Bonchev–Trinajstić information content (AvgIpc) is 2.32. The van der Waals surface area contributed by atoms with E-state index < -0.39 is 10.8 Å². The Morgan fingerprint density at radius 2 is 2.12 bits per heavy atom. The highest BCUT2D eigenvalue weighted by Gasteiger charge is 2.06. The smallest absolute Gasteiger partial charge is 0.124 e. The van der Waals surface area contributed by atoms with Crippen molar-refractivity contribution in [2.45, 2.75) is 10.6 Å². The van der Waals surface area contributed by atoms with E-state index >= 15 is 0 Å². The molecule has 0 aliphatic rings. The highest BCUT2D eigenvalue weighted by atomic mass is 79.9. The standard InChI is InChI=1S/C12H9BrFNOS/c13-9-4-5-11(15-7-9)8-17(16)12-3-1-2-10(14)6-12/h1-7H,8H2. The summed E-state index contributed by atoms with van der Waals surface area (Å²) in [5.41, 5.74) is 0.718. The van der Waals surface area contributed by atoms with Crippen LogP contribution in [0.15, 0.2) is 52.0 Å². The minimum absolute atomic E-state index is 0.288. The zero-order valence-corrected chi connectivity index (χ0v) is 11.2. The summed E-state index contributed by atoms with van der Waals surface area (Å²) in [6.45, 7) is 0. The third-order valence-electron chi connectivity index (χ3n) is 2.13. The molecule has 0 spiro atoms. The van der Waals surface area contributed by atoms with Crippen molar-refractivity contribution in [3.05, 3.63) is 58.6 Å². The van der Waals surface area contributed by atoms with E-state index in [2.05, 4.69) is 20.9 Å². The van der Waals surface area contributed by atoms with Gasteiger partial charge in [-0.2, -0.15) is 0 Å². The van der Waals surface area contributed by atoms with Crippen molar-refractivity contribution >= 4 is 26.7 Å². The SMILES string of the molecule is O=S(Cc1ccc(Br)cn1)c1cccc(F)c1. The number of nitrogens with zero attached hydrogens (tertiary/aromatic N) is 1. The Hall–Kier alpha value is -1.07. The van der Waals surface area contributed by atoms with Gasteiger partial charge in [0.15, 0.2) is 0 Å². The van der Waals surface area contributed by atoms with Gasteiger partial charge in [0, 0.05) is 15.6 Å². The second-order valence-electron chi connectivity index (χ2n) is 3.41. The molecule has 0 aliphatic heterocycles. The van der Waals surface area contributed by atoms with Gasteiger partial charge in [-0.25, -0.2) is 4.39 Å². The van der Waals surface area contributed by atoms with Crippen LogP contribution in [0.3, 0.4) is 0 Å². The quantitative estimate of drug-likeness (QED) is 0.870. The Labute approximate surface area is 109 Å². The van der Waals surface area contributed by atoms with Crippen molar-refractivity contribution in [3.8, 4) is 0 Å². The Balaban J connectivity index is 2.14. The molecule has 0 aliphatic carbocycles. The van der Waals surface area contributed by atoms with E-state index in [-0.39, 0.29) is 11.6 Å². The van der Waals surface area contributed by atoms with Crippen LogP contribution in [0, 0.1) is 5.82 Å². The Bertz CT molecular complexity index is 544. The lowest BCUT2D eigenvalue weighted by Crippen LogP contribution is -1.98. The van der Waals surface area contributed by atoms with E-state index in [1.165, 1.54) is 12.1 Å². The van der Waals surface area contributed by atoms with Crippen LogP contribution in [0.2, 0.25) is 0 Å². The predicted octanol–water partition coefficient (Wildman–Crippen LogP) is 3.29. The van der Waals surface area contributed by atoms with Gasteiger partial charge < -0.3 is 0 Å². The predicted molar refractivity (Wildman–Crippen MR) is 68.4 cm³/mol. The molecule has 0 saturated heterocycles. The fraction of sp³-hybridized carbons (Fsp3) is 0.0833. The molecule has 1 heterocycles. The van der Waals surface area contributed by atoms with Gasteiger partial charge in [-0.3, -0.25) is 9.19 Å². The first-order valence-electron chi connectivity index (χ1n) is 4.89. The molecule has 2 rings (SSSR count). The number of benzene rings is 1. The number of pyridine rings is 1. The first-order chi connectivity index (χ1) is 8.15. The maximum absolute atomic E-state index is 13.0. The van der Waals surface area contributed by atoms with Gasteiger partial charge in [0.2, 0.25) is 0 Å². The summed E-state index contributed by atoms with van der Waals surface area (Å²) in [7, 11) is -1.27. The molecule has 17 heavy (non-hydrogen) atoms. The van der Waals surface area contributed by atoms with Crippen molar-refractivity contribution in [1.82, 2.24) is 4.98 Å². The minimum atomic E-state index is -1.27. The summed E-state index contributed by atoms with van der Waals surface area (Å²) >= 11 is 3.28. The number of aromatic nitrogens is 1. The first-order valence-corrected chi connectivity index (χ1v) is 7.01. The molecule has 0 N–H and O–H groups in total. The lowest BCUT2D eigenvalue weighted by Gasteiger charge is -2.02. The van der Waals surface area contributed by atoms with Gasteiger partial charge >= 0.3 is 0 Å². The maximum Gasteiger partial charge on any atom is 0.124 e. The van der Waals surface area contributed by atoms with Crippen molar-refractivity contribution in [1.29, 1.82) is 0 Å². The molecule has 1 unspecified atom stereocenters. The minimum Gasteiger partial charge on any atom is -0.259 e. The van der Waals surface area contributed by atoms with Gasteiger partial charge in [-0.1, -0.05) is 6.07 Å².